The minimum atomic E-state index is 0.566. The molecular formula is C13H16N2O. The highest BCUT2D eigenvalue weighted by Gasteiger charge is 2.00. The van der Waals surface area contributed by atoms with Gasteiger partial charge in [-0.15, -0.1) is 0 Å². The van der Waals surface area contributed by atoms with Crippen LogP contribution in [0.5, 0.6) is 5.75 Å². The zero-order chi connectivity index (χ0) is 11.4. The summed E-state index contributed by atoms with van der Waals surface area (Å²) < 4.78 is 7.34. The van der Waals surface area contributed by atoms with Crippen LogP contribution in [0.2, 0.25) is 0 Å². The second-order valence-electron chi connectivity index (χ2n) is 3.68. The average Bonchev–Trinajstić information content (AvgIpc) is 2.76. The Balaban J connectivity index is 2.20. The molecule has 0 radical (unpaired) electrons. The van der Waals surface area contributed by atoms with E-state index in [0.29, 0.717) is 6.54 Å². The van der Waals surface area contributed by atoms with E-state index in [1.807, 2.05) is 36.5 Å². The van der Waals surface area contributed by atoms with Crippen LogP contribution in [0.4, 0.5) is 0 Å². The van der Waals surface area contributed by atoms with Crippen molar-refractivity contribution in [1.29, 1.82) is 0 Å². The molecule has 2 aromatic rings. The normalized spacial score (nSPS) is 10.4. The number of methoxy groups -OCH3 is 1. The Labute approximate surface area is 95.5 Å². The summed E-state index contributed by atoms with van der Waals surface area (Å²) in [4.78, 5) is 0. The third-order valence-corrected chi connectivity index (χ3v) is 2.62. The van der Waals surface area contributed by atoms with Gasteiger partial charge in [0.15, 0.2) is 0 Å². The molecule has 3 nitrogen and oxygen atoms in total. The molecule has 0 spiro atoms. The number of rotatable bonds is 4. The first-order chi connectivity index (χ1) is 7.83. The summed E-state index contributed by atoms with van der Waals surface area (Å²) in [7, 11) is 1.68. The molecule has 0 fully saturated rings. The van der Waals surface area contributed by atoms with Crippen molar-refractivity contribution >= 4 is 0 Å². The van der Waals surface area contributed by atoms with Crippen molar-refractivity contribution in [2.45, 2.75) is 13.1 Å². The topological polar surface area (TPSA) is 40.2 Å². The highest BCUT2D eigenvalue weighted by atomic mass is 16.5. The summed E-state index contributed by atoms with van der Waals surface area (Å²) in [5.41, 5.74) is 8.01. The molecule has 0 aliphatic carbocycles. The van der Waals surface area contributed by atoms with Gasteiger partial charge in [-0.3, -0.25) is 0 Å². The Morgan fingerprint density at radius 1 is 1.25 bits per heavy atom. The van der Waals surface area contributed by atoms with E-state index in [-0.39, 0.29) is 0 Å². The summed E-state index contributed by atoms with van der Waals surface area (Å²) in [6.07, 6.45) is 2.04. The van der Waals surface area contributed by atoms with E-state index >= 15 is 0 Å². The van der Waals surface area contributed by atoms with E-state index in [1.54, 1.807) is 7.11 Å². The predicted octanol–water partition coefficient (Wildman–Crippen LogP) is 2.00. The molecular weight excluding hydrogens is 200 g/mol. The molecule has 0 bridgehead atoms. The lowest BCUT2D eigenvalue weighted by atomic mass is 10.2. The fourth-order valence-electron chi connectivity index (χ4n) is 1.76. The van der Waals surface area contributed by atoms with Gasteiger partial charge in [0.25, 0.3) is 0 Å². The quantitative estimate of drug-likeness (QED) is 0.849. The van der Waals surface area contributed by atoms with Gasteiger partial charge in [-0.25, -0.2) is 0 Å². The first kappa shape index (κ1) is 10.8. The van der Waals surface area contributed by atoms with Gasteiger partial charge >= 0.3 is 0 Å². The van der Waals surface area contributed by atoms with Gasteiger partial charge in [0.1, 0.15) is 5.75 Å². The van der Waals surface area contributed by atoms with Crippen LogP contribution in [-0.2, 0) is 13.1 Å². The van der Waals surface area contributed by atoms with Crippen molar-refractivity contribution < 1.29 is 4.74 Å². The third-order valence-electron chi connectivity index (χ3n) is 2.62. The molecule has 0 amide bonds. The van der Waals surface area contributed by atoms with Crippen LogP contribution in [0.1, 0.15) is 11.3 Å². The Hall–Kier alpha value is -1.74. The van der Waals surface area contributed by atoms with Crippen LogP contribution in [0.25, 0.3) is 0 Å². The summed E-state index contributed by atoms with van der Waals surface area (Å²) >= 11 is 0. The van der Waals surface area contributed by atoms with Crippen LogP contribution in [0.3, 0.4) is 0 Å². The van der Waals surface area contributed by atoms with Crippen molar-refractivity contribution in [3.05, 3.63) is 53.9 Å². The van der Waals surface area contributed by atoms with Crippen LogP contribution in [0.15, 0.2) is 42.6 Å². The predicted molar refractivity (Wildman–Crippen MR) is 64.4 cm³/mol. The second kappa shape index (κ2) is 4.86. The van der Waals surface area contributed by atoms with E-state index in [4.69, 9.17) is 10.5 Å². The number of nitrogens with two attached hydrogens (primary N) is 1. The van der Waals surface area contributed by atoms with Gasteiger partial charge < -0.3 is 15.0 Å². The van der Waals surface area contributed by atoms with Gasteiger partial charge in [0, 0.05) is 25.0 Å². The maximum Gasteiger partial charge on any atom is 0.119 e. The SMILES string of the molecule is COc1cccc(Cn2cccc2CN)c1. The van der Waals surface area contributed by atoms with Gasteiger partial charge in [-0.2, -0.15) is 0 Å². The largest absolute Gasteiger partial charge is 0.497 e. The van der Waals surface area contributed by atoms with Crippen LogP contribution in [-0.4, -0.2) is 11.7 Å². The van der Waals surface area contributed by atoms with Crippen LogP contribution < -0.4 is 10.5 Å². The molecule has 2 N–H and O–H groups in total. The highest BCUT2D eigenvalue weighted by molar-refractivity contribution is 5.29. The molecule has 2 rings (SSSR count). The van der Waals surface area contributed by atoms with Crippen molar-refractivity contribution in [3.8, 4) is 5.75 Å². The molecule has 1 heterocycles. The van der Waals surface area contributed by atoms with E-state index in [0.717, 1.165) is 18.0 Å². The summed E-state index contributed by atoms with van der Waals surface area (Å²) in [5.74, 6) is 0.888. The third kappa shape index (κ3) is 2.25. The summed E-state index contributed by atoms with van der Waals surface area (Å²) in [6, 6.07) is 12.1. The molecule has 0 aliphatic heterocycles. The monoisotopic (exact) mass is 216 g/mol. The van der Waals surface area contributed by atoms with Gasteiger partial charge in [0.2, 0.25) is 0 Å². The van der Waals surface area contributed by atoms with Crippen molar-refractivity contribution in [2.75, 3.05) is 7.11 Å². The lowest BCUT2D eigenvalue weighted by molar-refractivity contribution is 0.414. The fourth-order valence-corrected chi connectivity index (χ4v) is 1.76. The highest BCUT2D eigenvalue weighted by Crippen LogP contribution is 2.14. The van der Waals surface area contributed by atoms with Gasteiger partial charge in [-0.1, -0.05) is 12.1 Å². The smallest absolute Gasteiger partial charge is 0.119 e. The minimum Gasteiger partial charge on any atom is -0.497 e. The van der Waals surface area contributed by atoms with E-state index in [2.05, 4.69) is 10.6 Å². The molecule has 0 saturated heterocycles. The summed E-state index contributed by atoms with van der Waals surface area (Å²) in [5, 5.41) is 0. The van der Waals surface area contributed by atoms with E-state index < -0.39 is 0 Å². The molecule has 3 heteroatoms. The summed E-state index contributed by atoms with van der Waals surface area (Å²) in [6.45, 7) is 1.40. The Morgan fingerprint density at radius 2 is 2.12 bits per heavy atom. The first-order valence-electron chi connectivity index (χ1n) is 5.30. The van der Waals surface area contributed by atoms with Gasteiger partial charge in [-0.05, 0) is 29.8 Å². The molecule has 0 saturated carbocycles. The molecule has 1 aromatic heterocycles. The average molecular weight is 216 g/mol. The number of nitrogens with zero attached hydrogens (tertiary/aromatic N) is 1. The lowest BCUT2D eigenvalue weighted by Gasteiger charge is -2.09. The van der Waals surface area contributed by atoms with E-state index in [9.17, 15) is 0 Å². The lowest BCUT2D eigenvalue weighted by Crippen LogP contribution is -2.07. The minimum absolute atomic E-state index is 0.566. The molecule has 84 valence electrons. The fraction of sp³-hybridized carbons (Fsp3) is 0.231. The van der Waals surface area contributed by atoms with Crippen molar-refractivity contribution in [3.63, 3.8) is 0 Å². The number of hydrogen-bond acceptors (Lipinski definition) is 2. The standard InChI is InChI=1S/C13H16N2O/c1-16-13-6-2-4-11(8-13)10-15-7-3-5-12(15)9-14/h2-8H,9-10,14H2,1H3. The second-order valence-corrected chi connectivity index (χ2v) is 3.68. The van der Waals surface area contributed by atoms with Gasteiger partial charge in [0.05, 0.1) is 7.11 Å². The Kier molecular flexibility index (Phi) is 3.27. The molecule has 0 atom stereocenters. The number of ether oxygens (including phenoxy) is 1. The molecule has 0 aliphatic rings. The zero-order valence-corrected chi connectivity index (χ0v) is 9.39. The van der Waals surface area contributed by atoms with Crippen molar-refractivity contribution in [2.24, 2.45) is 5.73 Å². The number of hydrogen-bond donors (Lipinski definition) is 1. The molecule has 1 aromatic carbocycles. The van der Waals surface area contributed by atoms with Crippen LogP contribution >= 0.6 is 0 Å². The maximum absolute atomic E-state index is 5.66. The first-order valence-corrected chi connectivity index (χ1v) is 5.30. The number of aromatic nitrogens is 1. The zero-order valence-electron chi connectivity index (χ0n) is 9.39. The number of benzene rings is 1. The van der Waals surface area contributed by atoms with E-state index in [1.165, 1.54) is 5.56 Å². The van der Waals surface area contributed by atoms with Crippen LogP contribution in [0, 0.1) is 0 Å². The molecule has 16 heavy (non-hydrogen) atoms. The van der Waals surface area contributed by atoms with Crippen molar-refractivity contribution in [1.82, 2.24) is 4.57 Å². The Bertz CT molecular complexity index is 462. The Morgan fingerprint density at radius 3 is 2.88 bits per heavy atom. The maximum atomic E-state index is 5.66. The molecule has 0 unspecified atom stereocenters.